The minimum Gasteiger partial charge on any atom is -0.457 e. The lowest BCUT2D eigenvalue weighted by atomic mass is 9.66. The third-order valence-electron chi connectivity index (χ3n) is 15.4. The maximum absolute atomic E-state index is 7.00. The lowest BCUT2D eigenvalue weighted by molar-refractivity contribution is 0.436. The summed E-state index contributed by atoms with van der Waals surface area (Å²) in [5, 5.41) is 4.54. The summed E-state index contributed by atoms with van der Waals surface area (Å²) in [7, 11) is 0. The molecule has 11 aromatic carbocycles. The molecule has 0 atom stereocenters. The van der Waals surface area contributed by atoms with E-state index in [2.05, 4.69) is 254 Å². The van der Waals surface area contributed by atoms with Crippen LogP contribution in [-0.4, -0.2) is 0 Å². The fourth-order valence-electron chi connectivity index (χ4n) is 12.8. The third-order valence-corrected chi connectivity index (χ3v) is 15.4. The van der Waals surface area contributed by atoms with Gasteiger partial charge in [0.05, 0.1) is 16.5 Å². The molecule has 0 radical (unpaired) electrons. The lowest BCUT2D eigenvalue weighted by Gasteiger charge is -2.41. The van der Waals surface area contributed by atoms with Crippen molar-refractivity contribution in [3.8, 4) is 33.8 Å². The molecule has 3 heteroatoms. The fraction of sp³-hybridized carbons (Fsp3) is 0.0303. The summed E-state index contributed by atoms with van der Waals surface area (Å²) >= 11 is 0. The van der Waals surface area contributed by atoms with Gasteiger partial charge in [-0.15, -0.1) is 0 Å². The molecule has 2 heterocycles. The van der Waals surface area contributed by atoms with E-state index in [-0.39, 0.29) is 0 Å². The predicted molar refractivity (Wildman–Crippen MR) is 281 cm³/mol. The molecule has 12 aromatic rings. The fourth-order valence-corrected chi connectivity index (χ4v) is 12.8. The molecule has 3 nitrogen and oxygen atoms in total. The normalized spacial score (nSPS) is 14.1. The Hall–Kier alpha value is -8.92. The number of fused-ring (bicyclic) bond motifs is 17. The molecule has 1 aliphatic heterocycles. The van der Waals surface area contributed by atoms with Crippen LogP contribution in [0.2, 0.25) is 0 Å². The summed E-state index contributed by atoms with van der Waals surface area (Å²) in [6.45, 7) is 0. The second kappa shape index (κ2) is 14.3. The van der Waals surface area contributed by atoms with Gasteiger partial charge in [-0.1, -0.05) is 194 Å². The Morgan fingerprint density at radius 2 is 0.826 bits per heavy atom. The number of para-hydroxylation sites is 2. The first kappa shape index (κ1) is 38.2. The Morgan fingerprint density at radius 1 is 0.319 bits per heavy atom. The van der Waals surface area contributed by atoms with Crippen molar-refractivity contribution in [3.05, 3.63) is 293 Å². The molecule has 0 unspecified atom stereocenters. The molecular formula is C66H41NO2. The molecule has 2 aliphatic carbocycles. The van der Waals surface area contributed by atoms with E-state index < -0.39 is 10.8 Å². The van der Waals surface area contributed by atoms with Crippen LogP contribution in [0.3, 0.4) is 0 Å². The van der Waals surface area contributed by atoms with Gasteiger partial charge in [-0.25, -0.2) is 0 Å². The maximum Gasteiger partial charge on any atom is 0.136 e. The zero-order chi connectivity index (χ0) is 45.3. The largest absolute Gasteiger partial charge is 0.457 e. The summed E-state index contributed by atoms with van der Waals surface area (Å²) in [4.78, 5) is 2.49. The average Bonchev–Trinajstić information content (AvgIpc) is 4.05. The van der Waals surface area contributed by atoms with E-state index in [0.717, 1.165) is 61.6 Å². The zero-order valence-corrected chi connectivity index (χ0v) is 37.4. The molecule has 15 rings (SSSR count). The molecule has 322 valence electrons. The van der Waals surface area contributed by atoms with Crippen LogP contribution in [-0.2, 0) is 10.8 Å². The van der Waals surface area contributed by atoms with Crippen molar-refractivity contribution in [3.63, 3.8) is 0 Å². The van der Waals surface area contributed by atoms with E-state index in [1.165, 1.54) is 66.4 Å². The molecule has 1 spiro atoms. The van der Waals surface area contributed by atoms with E-state index in [1.807, 2.05) is 0 Å². The lowest BCUT2D eigenvalue weighted by Crippen LogP contribution is -2.32. The van der Waals surface area contributed by atoms with Gasteiger partial charge in [0, 0.05) is 33.3 Å². The van der Waals surface area contributed by atoms with E-state index in [1.54, 1.807) is 0 Å². The van der Waals surface area contributed by atoms with Crippen molar-refractivity contribution in [2.45, 2.75) is 10.8 Å². The number of ether oxygens (including phenoxy) is 1. The van der Waals surface area contributed by atoms with Crippen molar-refractivity contribution in [2.75, 3.05) is 4.90 Å². The van der Waals surface area contributed by atoms with Crippen LogP contribution in [0.15, 0.2) is 253 Å². The molecule has 1 aromatic heterocycles. The van der Waals surface area contributed by atoms with Gasteiger partial charge in [0.1, 0.15) is 22.7 Å². The van der Waals surface area contributed by atoms with Gasteiger partial charge in [0.15, 0.2) is 0 Å². The molecule has 0 amide bonds. The van der Waals surface area contributed by atoms with Gasteiger partial charge in [0.25, 0.3) is 0 Å². The quantitative estimate of drug-likeness (QED) is 0.172. The summed E-state index contributed by atoms with van der Waals surface area (Å²) in [6, 6.07) is 91.2. The van der Waals surface area contributed by atoms with Crippen LogP contribution in [0.25, 0.3) is 55.0 Å². The highest BCUT2D eigenvalue weighted by atomic mass is 16.5. The SMILES string of the molecule is c1ccc(C2(c3ccccc3N(c3ccc4c(c3)C3(c5ccccc5O4)c4ccccc4-c4ccccc43)c3ccc4oc5ccc6ccccc6c5c4c3)c3ccccc3-c3ccccc32)cc1. The number of hydrogen-bond donors (Lipinski definition) is 0. The molecule has 3 aliphatic rings. The first-order valence-corrected chi connectivity index (χ1v) is 23.8. The van der Waals surface area contributed by atoms with E-state index in [4.69, 9.17) is 9.15 Å². The minimum absolute atomic E-state index is 0.642. The van der Waals surface area contributed by atoms with Gasteiger partial charge < -0.3 is 14.1 Å². The summed E-state index contributed by atoms with van der Waals surface area (Å²) in [5.74, 6) is 1.72. The Kier molecular flexibility index (Phi) is 7.92. The molecular weight excluding hydrogens is 839 g/mol. The van der Waals surface area contributed by atoms with Crippen LogP contribution in [0, 0.1) is 0 Å². The van der Waals surface area contributed by atoms with Gasteiger partial charge >= 0.3 is 0 Å². The molecule has 69 heavy (non-hydrogen) atoms. The van der Waals surface area contributed by atoms with E-state index in [0.29, 0.717) is 0 Å². The van der Waals surface area contributed by atoms with Crippen LogP contribution in [0.4, 0.5) is 17.1 Å². The van der Waals surface area contributed by atoms with Crippen molar-refractivity contribution in [1.82, 2.24) is 0 Å². The molecule has 0 bridgehead atoms. The smallest absolute Gasteiger partial charge is 0.136 e. The number of rotatable bonds is 5. The number of furan rings is 1. The van der Waals surface area contributed by atoms with E-state index >= 15 is 0 Å². The standard InChI is InChI=1S/C66H41NO2/c1-2-19-43(20-3-1)65(52-26-10-6-22-47(52)48-23-7-11-27-53(48)65)56-30-14-16-32-59(56)67(44-35-38-60-51(40-44)64-46-21-5-4-18-42(46)34-37-63(64)68-60)45-36-39-62-58(41-45)66(57-31-15-17-33-61(57)69-62)54-28-12-8-24-49(54)50-25-9-13-29-55(50)66/h1-41H. The summed E-state index contributed by atoms with van der Waals surface area (Å²) in [5.41, 5.74) is 18.2. The number of anilines is 3. The second-order valence-corrected chi connectivity index (χ2v) is 18.6. The van der Waals surface area contributed by atoms with Crippen molar-refractivity contribution in [1.29, 1.82) is 0 Å². The number of hydrogen-bond acceptors (Lipinski definition) is 3. The van der Waals surface area contributed by atoms with Crippen LogP contribution in [0.1, 0.15) is 44.5 Å². The van der Waals surface area contributed by atoms with Crippen molar-refractivity contribution >= 4 is 49.8 Å². The second-order valence-electron chi connectivity index (χ2n) is 18.6. The third kappa shape index (κ3) is 5.06. The Labute approximate surface area is 399 Å². The number of nitrogens with zero attached hydrogens (tertiary/aromatic N) is 1. The molecule has 0 N–H and O–H groups in total. The highest BCUT2D eigenvalue weighted by Gasteiger charge is 2.52. The predicted octanol–water partition coefficient (Wildman–Crippen LogP) is 17.0. The highest BCUT2D eigenvalue weighted by molar-refractivity contribution is 6.19. The first-order chi connectivity index (χ1) is 34.2. The van der Waals surface area contributed by atoms with Crippen LogP contribution in [0.5, 0.6) is 11.5 Å². The zero-order valence-electron chi connectivity index (χ0n) is 37.4. The molecule has 0 fully saturated rings. The molecule has 0 saturated carbocycles. The van der Waals surface area contributed by atoms with Gasteiger partial charge in [-0.2, -0.15) is 0 Å². The Balaban J connectivity index is 1.06. The van der Waals surface area contributed by atoms with E-state index in [9.17, 15) is 0 Å². The highest BCUT2D eigenvalue weighted by Crippen LogP contribution is 2.64. The van der Waals surface area contributed by atoms with Gasteiger partial charge in [0.2, 0.25) is 0 Å². The first-order valence-electron chi connectivity index (χ1n) is 23.8. The Bertz CT molecular complexity index is 4000. The topological polar surface area (TPSA) is 25.6 Å². The Morgan fingerprint density at radius 3 is 1.52 bits per heavy atom. The van der Waals surface area contributed by atoms with Gasteiger partial charge in [-0.05, 0) is 121 Å². The van der Waals surface area contributed by atoms with Crippen LogP contribution >= 0.6 is 0 Å². The monoisotopic (exact) mass is 879 g/mol. The summed E-state index contributed by atoms with van der Waals surface area (Å²) in [6.07, 6.45) is 0. The average molecular weight is 880 g/mol. The van der Waals surface area contributed by atoms with Gasteiger partial charge in [-0.3, -0.25) is 0 Å². The molecule has 0 saturated heterocycles. The maximum atomic E-state index is 7.00. The van der Waals surface area contributed by atoms with Crippen molar-refractivity contribution < 1.29 is 9.15 Å². The summed E-state index contributed by atoms with van der Waals surface area (Å²) < 4.78 is 13.7. The van der Waals surface area contributed by atoms with Crippen LogP contribution < -0.4 is 9.64 Å². The number of benzene rings is 11. The van der Waals surface area contributed by atoms with Crippen molar-refractivity contribution in [2.24, 2.45) is 0 Å². The minimum atomic E-state index is -0.660.